The Morgan fingerprint density at radius 3 is 1.04 bits per heavy atom. The van der Waals surface area contributed by atoms with Crippen LogP contribution in [0.3, 0.4) is 0 Å². The minimum atomic E-state index is -4.38. The molecule has 10 heteroatoms. The lowest BCUT2D eigenvalue weighted by Crippen LogP contribution is -2.37. The number of rotatable bonds is 62. The number of hydrogen-bond donors (Lipinski definition) is 1. The maximum Gasteiger partial charge on any atom is 0.472 e. The first kappa shape index (κ1) is 75.2. The van der Waals surface area contributed by atoms with Gasteiger partial charge in [0.2, 0.25) is 0 Å². The van der Waals surface area contributed by atoms with Crippen LogP contribution in [0.5, 0.6) is 0 Å². The van der Waals surface area contributed by atoms with Gasteiger partial charge in [-0.05, 0) is 70.6 Å². The third-order valence-corrected chi connectivity index (χ3v) is 15.9. The normalized spacial score (nSPS) is 13.4. The molecule has 9 nitrogen and oxygen atoms in total. The lowest BCUT2D eigenvalue weighted by Gasteiger charge is -2.24. The molecule has 2 unspecified atom stereocenters. The van der Waals surface area contributed by atoms with Crippen molar-refractivity contribution in [1.82, 2.24) is 0 Å². The van der Waals surface area contributed by atoms with Crippen LogP contribution in [0, 0.1) is 0 Å². The van der Waals surface area contributed by atoms with E-state index in [4.69, 9.17) is 18.5 Å². The van der Waals surface area contributed by atoms with E-state index in [1.165, 1.54) is 238 Å². The van der Waals surface area contributed by atoms with E-state index >= 15 is 0 Å². The molecule has 0 saturated carbocycles. The number of carbonyl (C=O) groups excluding carboxylic acids is 2. The molecule has 0 aromatic carbocycles. The summed E-state index contributed by atoms with van der Waals surface area (Å²) >= 11 is 0. The van der Waals surface area contributed by atoms with Crippen LogP contribution >= 0.6 is 7.82 Å². The van der Waals surface area contributed by atoms with Crippen LogP contribution in [0.25, 0.3) is 0 Å². The molecular formula is C67H129NO8P+. The number of nitrogens with zero attached hydrogens (tertiary/aromatic N) is 1. The summed E-state index contributed by atoms with van der Waals surface area (Å²) in [5.74, 6) is -0.792. The highest BCUT2D eigenvalue weighted by Gasteiger charge is 2.27. The predicted octanol–water partition coefficient (Wildman–Crippen LogP) is 21.1. The number of hydrogen-bond acceptors (Lipinski definition) is 7. The van der Waals surface area contributed by atoms with E-state index in [1.807, 2.05) is 21.1 Å². The van der Waals surface area contributed by atoms with Crippen molar-refractivity contribution in [2.45, 2.75) is 335 Å². The van der Waals surface area contributed by atoms with Crippen LogP contribution in [-0.2, 0) is 32.7 Å². The average molecular weight is 1110 g/mol. The number of carbonyl (C=O) groups is 2. The molecule has 0 rings (SSSR count). The van der Waals surface area contributed by atoms with Crippen LogP contribution in [0.15, 0.2) is 36.5 Å². The van der Waals surface area contributed by atoms with Crippen molar-refractivity contribution in [2.24, 2.45) is 0 Å². The molecule has 0 aromatic rings. The van der Waals surface area contributed by atoms with Crippen LogP contribution in [0.4, 0.5) is 0 Å². The Bertz CT molecular complexity index is 1390. The smallest absolute Gasteiger partial charge is 0.462 e. The molecule has 0 radical (unpaired) electrons. The molecule has 0 amide bonds. The fourth-order valence-corrected chi connectivity index (χ4v) is 10.5. The number of phosphoric acid groups is 1. The Hall–Kier alpha value is -1.77. The summed E-state index contributed by atoms with van der Waals surface area (Å²) in [6.07, 6.45) is 74.1. The molecule has 0 saturated heterocycles. The monoisotopic (exact) mass is 1110 g/mol. The first-order valence-corrected chi connectivity index (χ1v) is 34.7. The second-order valence-corrected chi connectivity index (χ2v) is 25.3. The summed E-state index contributed by atoms with van der Waals surface area (Å²) in [7, 11) is 1.49. The van der Waals surface area contributed by atoms with Gasteiger partial charge in [0.1, 0.15) is 19.8 Å². The average Bonchev–Trinajstić information content (AvgIpc) is 3.39. The standard InChI is InChI=1S/C67H128NO8P/c1-6-8-10-12-14-16-18-20-22-23-24-25-26-27-28-29-30-31-32-33-34-35-36-37-38-39-40-41-42-43-44-45-46-48-50-52-54-56-58-60-67(70)76-65(64-75-77(71,72)74-62-61-68(3,4)5)63-73-66(69)59-57-55-53-51-49-47-21-19-17-15-13-11-9-7-2/h18-21,23-24,65H,6-17,22,25-64H2,1-5H3/p+1/b20-18-,21-19-,24-23-. The molecule has 0 aliphatic rings. The highest BCUT2D eigenvalue weighted by Crippen LogP contribution is 2.43. The van der Waals surface area contributed by atoms with Crippen molar-refractivity contribution in [3.8, 4) is 0 Å². The van der Waals surface area contributed by atoms with Crippen molar-refractivity contribution in [2.75, 3.05) is 47.5 Å². The Balaban J connectivity index is 3.87. The molecule has 0 heterocycles. The molecule has 1 N–H and O–H groups in total. The van der Waals surface area contributed by atoms with Crippen LogP contribution in [0.1, 0.15) is 328 Å². The van der Waals surface area contributed by atoms with Gasteiger partial charge >= 0.3 is 19.8 Å². The number of allylic oxidation sites excluding steroid dienone is 6. The molecule has 0 aliphatic heterocycles. The maximum atomic E-state index is 12.8. The molecule has 2 atom stereocenters. The van der Waals surface area contributed by atoms with E-state index in [0.29, 0.717) is 17.4 Å². The summed E-state index contributed by atoms with van der Waals surface area (Å²) in [5.41, 5.74) is 0. The summed E-state index contributed by atoms with van der Waals surface area (Å²) in [6, 6.07) is 0. The Kier molecular flexibility index (Phi) is 57.5. The van der Waals surface area contributed by atoms with Crippen molar-refractivity contribution in [1.29, 1.82) is 0 Å². The second-order valence-electron chi connectivity index (χ2n) is 23.9. The lowest BCUT2D eigenvalue weighted by molar-refractivity contribution is -0.870. The fourth-order valence-electron chi connectivity index (χ4n) is 9.75. The number of ether oxygens (including phenoxy) is 2. The first-order chi connectivity index (χ1) is 37.5. The van der Waals surface area contributed by atoms with Gasteiger partial charge in [0.05, 0.1) is 27.7 Å². The highest BCUT2D eigenvalue weighted by atomic mass is 31.2. The summed E-state index contributed by atoms with van der Waals surface area (Å²) in [5, 5.41) is 0. The Labute approximate surface area is 478 Å². The number of esters is 2. The molecular weight excluding hydrogens is 978 g/mol. The predicted molar refractivity (Wildman–Crippen MR) is 330 cm³/mol. The third-order valence-electron chi connectivity index (χ3n) is 14.9. The Morgan fingerprint density at radius 2 is 0.701 bits per heavy atom. The van der Waals surface area contributed by atoms with Gasteiger partial charge in [-0.2, -0.15) is 0 Å². The van der Waals surface area contributed by atoms with Gasteiger partial charge in [0, 0.05) is 12.8 Å². The van der Waals surface area contributed by atoms with E-state index in [-0.39, 0.29) is 32.0 Å². The van der Waals surface area contributed by atoms with Gasteiger partial charge < -0.3 is 18.9 Å². The topological polar surface area (TPSA) is 108 Å². The van der Waals surface area contributed by atoms with E-state index in [9.17, 15) is 19.0 Å². The zero-order valence-electron chi connectivity index (χ0n) is 51.7. The number of quaternary nitrogens is 1. The minimum Gasteiger partial charge on any atom is -0.462 e. The van der Waals surface area contributed by atoms with Gasteiger partial charge in [-0.1, -0.05) is 281 Å². The highest BCUT2D eigenvalue weighted by molar-refractivity contribution is 7.47. The lowest BCUT2D eigenvalue weighted by atomic mass is 10.0. The number of unbranched alkanes of at least 4 members (excludes halogenated alkanes) is 42. The molecule has 0 fully saturated rings. The summed E-state index contributed by atoms with van der Waals surface area (Å²) in [4.78, 5) is 35.7. The first-order valence-electron chi connectivity index (χ1n) is 33.2. The van der Waals surface area contributed by atoms with Gasteiger partial charge in [0.15, 0.2) is 6.10 Å². The molecule has 454 valence electrons. The zero-order valence-corrected chi connectivity index (χ0v) is 52.6. The third kappa shape index (κ3) is 63.3. The van der Waals surface area contributed by atoms with Crippen molar-refractivity contribution < 1.29 is 42.1 Å². The van der Waals surface area contributed by atoms with E-state index in [1.54, 1.807) is 0 Å². The van der Waals surface area contributed by atoms with E-state index in [0.717, 1.165) is 57.8 Å². The van der Waals surface area contributed by atoms with Gasteiger partial charge in [0.25, 0.3) is 0 Å². The van der Waals surface area contributed by atoms with Gasteiger partial charge in [-0.3, -0.25) is 18.6 Å². The SMILES string of the molecule is CCCCCCC/C=C\C/C=C\CCCCCCCCCCCCCCCCCCCCCCCCCCCCCC(=O)OC(COC(=O)CCCCCCC/C=C\CCCCCCC)COP(=O)(O)OCC[N+](C)(C)C. The molecule has 77 heavy (non-hydrogen) atoms. The molecule has 0 aromatic heterocycles. The van der Waals surface area contributed by atoms with E-state index in [2.05, 4.69) is 50.3 Å². The zero-order chi connectivity index (χ0) is 56.3. The van der Waals surface area contributed by atoms with Crippen molar-refractivity contribution >= 4 is 19.8 Å². The van der Waals surface area contributed by atoms with Crippen molar-refractivity contribution in [3.05, 3.63) is 36.5 Å². The summed E-state index contributed by atoms with van der Waals surface area (Å²) < 4.78 is 34.6. The maximum absolute atomic E-state index is 12.8. The molecule has 0 spiro atoms. The van der Waals surface area contributed by atoms with Crippen LogP contribution < -0.4 is 0 Å². The summed E-state index contributed by atoms with van der Waals surface area (Å²) in [6.45, 7) is 4.45. The molecule has 0 aliphatic carbocycles. The van der Waals surface area contributed by atoms with Gasteiger partial charge in [-0.25, -0.2) is 4.57 Å². The van der Waals surface area contributed by atoms with Crippen LogP contribution in [0.2, 0.25) is 0 Å². The van der Waals surface area contributed by atoms with Crippen molar-refractivity contribution in [3.63, 3.8) is 0 Å². The molecule has 0 bridgehead atoms. The minimum absolute atomic E-state index is 0.0329. The second kappa shape index (κ2) is 58.9. The van der Waals surface area contributed by atoms with Gasteiger partial charge in [-0.15, -0.1) is 0 Å². The fraction of sp³-hybridized carbons (Fsp3) is 0.881. The van der Waals surface area contributed by atoms with Crippen LogP contribution in [-0.4, -0.2) is 74.9 Å². The number of likely N-dealkylation sites (N-methyl/N-ethyl adjacent to an activating group) is 1. The number of phosphoric ester groups is 1. The Morgan fingerprint density at radius 1 is 0.403 bits per heavy atom. The largest absolute Gasteiger partial charge is 0.472 e. The van der Waals surface area contributed by atoms with E-state index < -0.39 is 26.5 Å². The quantitative estimate of drug-likeness (QED) is 0.0211.